The van der Waals surface area contributed by atoms with Crippen LogP contribution in [0.4, 0.5) is 5.82 Å². The number of hydrogen-bond donors (Lipinski definition) is 2. The van der Waals surface area contributed by atoms with Crippen LogP contribution in [0.5, 0.6) is 0 Å². The monoisotopic (exact) mass is 372 g/mol. The Morgan fingerprint density at radius 3 is 2.75 bits per heavy atom. The lowest BCUT2D eigenvalue weighted by Gasteiger charge is -2.07. The molecule has 0 aliphatic heterocycles. The van der Waals surface area contributed by atoms with Crippen LogP contribution < -0.4 is 10.0 Å². The molecule has 0 bridgehead atoms. The average Bonchev–Trinajstić information content (AvgIpc) is 3.14. The summed E-state index contributed by atoms with van der Waals surface area (Å²) in [6, 6.07) is 4.67. The molecule has 2 N–H and O–H groups in total. The van der Waals surface area contributed by atoms with E-state index in [2.05, 4.69) is 15.1 Å². The molecule has 0 aromatic carbocycles. The Hall–Kier alpha value is -2.24. The first-order valence-corrected chi connectivity index (χ1v) is 9.13. The standard InChI is InChI=1S/C13H16N4O5S2/c1-9-6-10(17(2)16-9)15-11(18)8-22-12(19)7-14-24(20,21)13-4-3-5-23-13/h3-6,14H,7-8H2,1-2H3,(H,15,18). The molecule has 2 heterocycles. The number of aromatic nitrogens is 2. The van der Waals surface area contributed by atoms with Gasteiger partial charge in [0.2, 0.25) is 0 Å². The van der Waals surface area contributed by atoms with Crippen molar-refractivity contribution in [2.75, 3.05) is 18.5 Å². The molecule has 0 saturated carbocycles. The van der Waals surface area contributed by atoms with Crippen LogP contribution in [0.3, 0.4) is 0 Å². The van der Waals surface area contributed by atoms with Crippen molar-refractivity contribution < 1.29 is 22.7 Å². The fraction of sp³-hybridized carbons (Fsp3) is 0.308. The summed E-state index contributed by atoms with van der Waals surface area (Å²) in [5.74, 6) is -0.939. The first kappa shape index (κ1) is 18.1. The Bertz CT molecular complexity index is 827. The summed E-state index contributed by atoms with van der Waals surface area (Å²) in [6.45, 7) is 0.692. The molecular weight excluding hydrogens is 356 g/mol. The smallest absolute Gasteiger partial charge is 0.321 e. The normalized spacial score (nSPS) is 11.2. The van der Waals surface area contributed by atoms with Crippen molar-refractivity contribution >= 4 is 39.1 Å². The molecule has 0 spiro atoms. The lowest BCUT2D eigenvalue weighted by atomic mass is 10.4. The zero-order valence-electron chi connectivity index (χ0n) is 13.0. The third-order valence-electron chi connectivity index (χ3n) is 2.80. The molecular formula is C13H16N4O5S2. The van der Waals surface area contributed by atoms with Crippen LogP contribution >= 0.6 is 11.3 Å². The largest absolute Gasteiger partial charge is 0.455 e. The number of ether oxygens (including phenoxy) is 1. The van der Waals surface area contributed by atoms with Gasteiger partial charge in [-0.2, -0.15) is 9.82 Å². The minimum atomic E-state index is -3.75. The summed E-state index contributed by atoms with van der Waals surface area (Å²) in [7, 11) is -2.09. The molecule has 9 nitrogen and oxygen atoms in total. The second-order valence-electron chi connectivity index (χ2n) is 4.76. The summed E-state index contributed by atoms with van der Waals surface area (Å²) < 4.78 is 32.1. The Labute approximate surface area is 142 Å². The van der Waals surface area contributed by atoms with Crippen LogP contribution in [0.1, 0.15) is 5.69 Å². The fourth-order valence-corrected chi connectivity index (χ4v) is 3.75. The van der Waals surface area contributed by atoms with Gasteiger partial charge in [0.05, 0.1) is 5.69 Å². The van der Waals surface area contributed by atoms with E-state index in [4.69, 9.17) is 4.74 Å². The molecule has 1 amide bonds. The minimum Gasteiger partial charge on any atom is -0.455 e. The van der Waals surface area contributed by atoms with E-state index in [1.54, 1.807) is 31.5 Å². The Kier molecular flexibility index (Phi) is 5.70. The van der Waals surface area contributed by atoms with E-state index in [0.29, 0.717) is 5.82 Å². The van der Waals surface area contributed by atoms with Crippen molar-refractivity contribution in [2.45, 2.75) is 11.1 Å². The fourth-order valence-electron chi connectivity index (χ4n) is 1.75. The molecule has 2 rings (SSSR count). The molecule has 130 valence electrons. The van der Waals surface area contributed by atoms with Crippen LogP contribution in [-0.2, 0) is 31.4 Å². The van der Waals surface area contributed by atoms with Gasteiger partial charge in [0.15, 0.2) is 6.61 Å². The number of thiophene rings is 1. The quantitative estimate of drug-likeness (QED) is 0.673. The highest BCUT2D eigenvalue weighted by molar-refractivity contribution is 7.91. The summed E-state index contributed by atoms with van der Waals surface area (Å²) in [5, 5.41) is 8.20. The van der Waals surface area contributed by atoms with Gasteiger partial charge >= 0.3 is 5.97 Å². The van der Waals surface area contributed by atoms with Gasteiger partial charge in [-0.3, -0.25) is 14.3 Å². The van der Waals surface area contributed by atoms with E-state index in [-0.39, 0.29) is 4.21 Å². The van der Waals surface area contributed by atoms with Crippen molar-refractivity contribution in [1.29, 1.82) is 0 Å². The third-order valence-corrected chi connectivity index (χ3v) is 5.60. The van der Waals surface area contributed by atoms with Gasteiger partial charge in [-0.15, -0.1) is 11.3 Å². The lowest BCUT2D eigenvalue weighted by Crippen LogP contribution is -2.32. The van der Waals surface area contributed by atoms with Crippen LogP contribution in [0.2, 0.25) is 0 Å². The van der Waals surface area contributed by atoms with E-state index in [1.165, 1.54) is 10.7 Å². The molecule has 0 radical (unpaired) electrons. The maximum absolute atomic E-state index is 11.8. The second kappa shape index (κ2) is 7.55. The van der Waals surface area contributed by atoms with Gasteiger partial charge in [0, 0.05) is 13.1 Å². The van der Waals surface area contributed by atoms with E-state index in [9.17, 15) is 18.0 Å². The summed E-state index contributed by atoms with van der Waals surface area (Å²) in [5.41, 5.74) is 0.729. The molecule has 0 aliphatic carbocycles. The topological polar surface area (TPSA) is 119 Å². The van der Waals surface area contributed by atoms with Gasteiger partial charge < -0.3 is 10.1 Å². The first-order valence-electron chi connectivity index (χ1n) is 6.77. The zero-order valence-corrected chi connectivity index (χ0v) is 14.6. The van der Waals surface area contributed by atoms with E-state index >= 15 is 0 Å². The molecule has 0 fully saturated rings. The number of carbonyl (C=O) groups is 2. The lowest BCUT2D eigenvalue weighted by molar-refractivity contribution is -0.146. The van der Waals surface area contributed by atoms with Crippen LogP contribution in [0.15, 0.2) is 27.8 Å². The summed E-state index contributed by atoms with van der Waals surface area (Å²) >= 11 is 1.03. The van der Waals surface area contributed by atoms with Crippen molar-refractivity contribution in [3.05, 3.63) is 29.3 Å². The minimum absolute atomic E-state index is 0.0969. The van der Waals surface area contributed by atoms with E-state index in [1.807, 2.05) is 0 Å². The van der Waals surface area contributed by atoms with E-state index < -0.39 is 35.1 Å². The molecule has 11 heteroatoms. The molecule has 2 aromatic rings. The zero-order chi connectivity index (χ0) is 17.7. The molecule has 2 aromatic heterocycles. The van der Waals surface area contributed by atoms with Crippen LogP contribution in [0, 0.1) is 6.92 Å². The van der Waals surface area contributed by atoms with Crippen molar-refractivity contribution in [1.82, 2.24) is 14.5 Å². The predicted octanol–water partition coefficient (Wildman–Crippen LogP) is 0.250. The molecule has 0 aliphatic rings. The summed E-state index contributed by atoms with van der Waals surface area (Å²) in [4.78, 5) is 23.2. The number of carbonyl (C=O) groups excluding carboxylic acids is 2. The maximum Gasteiger partial charge on any atom is 0.321 e. The number of nitrogens with one attached hydrogen (secondary N) is 2. The molecule has 0 unspecified atom stereocenters. The van der Waals surface area contributed by atoms with Gasteiger partial charge in [-0.1, -0.05) is 6.07 Å². The maximum atomic E-state index is 11.8. The van der Waals surface area contributed by atoms with E-state index in [0.717, 1.165) is 17.0 Å². The highest BCUT2D eigenvalue weighted by Crippen LogP contribution is 2.14. The number of sulfonamides is 1. The Morgan fingerprint density at radius 1 is 1.42 bits per heavy atom. The predicted molar refractivity (Wildman–Crippen MR) is 87.0 cm³/mol. The number of nitrogens with zero attached hydrogens (tertiary/aromatic N) is 2. The van der Waals surface area contributed by atoms with Crippen molar-refractivity contribution in [3.8, 4) is 0 Å². The molecule has 0 saturated heterocycles. The molecule has 0 atom stereocenters. The highest BCUT2D eigenvalue weighted by Gasteiger charge is 2.17. The number of amides is 1. The highest BCUT2D eigenvalue weighted by atomic mass is 32.2. The van der Waals surface area contributed by atoms with Gasteiger partial charge in [0.25, 0.3) is 15.9 Å². The number of hydrogen-bond acceptors (Lipinski definition) is 7. The van der Waals surface area contributed by atoms with Crippen LogP contribution in [-0.4, -0.2) is 43.2 Å². The summed E-state index contributed by atoms with van der Waals surface area (Å²) in [6.07, 6.45) is 0. The van der Waals surface area contributed by atoms with Crippen molar-refractivity contribution in [3.63, 3.8) is 0 Å². The average molecular weight is 372 g/mol. The number of esters is 1. The Morgan fingerprint density at radius 2 is 2.17 bits per heavy atom. The SMILES string of the molecule is Cc1cc(NC(=O)COC(=O)CNS(=O)(=O)c2cccs2)n(C)n1. The number of anilines is 1. The van der Waals surface area contributed by atoms with Crippen LogP contribution in [0.25, 0.3) is 0 Å². The number of rotatable bonds is 7. The number of aryl methyl sites for hydroxylation is 2. The molecule has 24 heavy (non-hydrogen) atoms. The third kappa shape index (κ3) is 4.88. The van der Waals surface area contributed by atoms with Gasteiger partial charge in [0.1, 0.15) is 16.6 Å². The second-order valence-corrected chi connectivity index (χ2v) is 7.70. The first-order chi connectivity index (χ1) is 11.3. The van der Waals surface area contributed by atoms with Gasteiger partial charge in [-0.25, -0.2) is 8.42 Å². The Balaban J connectivity index is 1.77. The van der Waals surface area contributed by atoms with Gasteiger partial charge in [-0.05, 0) is 18.4 Å². The van der Waals surface area contributed by atoms with Crippen molar-refractivity contribution in [2.24, 2.45) is 7.05 Å².